The fourth-order valence-corrected chi connectivity index (χ4v) is 1.88. The van der Waals surface area contributed by atoms with E-state index in [-0.39, 0.29) is 0 Å². The minimum atomic E-state index is -0.799. The van der Waals surface area contributed by atoms with E-state index in [1.165, 1.54) is 0 Å². The van der Waals surface area contributed by atoms with Crippen molar-refractivity contribution in [3.8, 4) is 5.75 Å². The van der Waals surface area contributed by atoms with Crippen molar-refractivity contribution in [1.29, 1.82) is 0 Å². The number of aromatic nitrogens is 1. The van der Waals surface area contributed by atoms with Crippen LogP contribution in [0.2, 0.25) is 0 Å². The van der Waals surface area contributed by atoms with Crippen molar-refractivity contribution in [1.82, 2.24) is 4.98 Å². The number of aliphatic hydroxyl groups is 1. The van der Waals surface area contributed by atoms with E-state index < -0.39 is 6.10 Å². The lowest BCUT2D eigenvalue weighted by atomic mass is 10.00. The van der Waals surface area contributed by atoms with Crippen molar-refractivity contribution in [2.24, 2.45) is 0 Å². The van der Waals surface area contributed by atoms with Crippen molar-refractivity contribution in [3.05, 3.63) is 53.3 Å². The molecular formula is C14H16N2O2. The summed E-state index contributed by atoms with van der Waals surface area (Å²) >= 11 is 0. The Morgan fingerprint density at radius 3 is 2.78 bits per heavy atom. The topological polar surface area (TPSA) is 68.4 Å². The van der Waals surface area contributed by atoms with Crippen molar-refractivity contribution in [2.45, 2.75) is 13.0 Å². The Labute approximate surface area is 106 Å². The number of methoxy groups -OCH3 is 1. The largest absolute Gasteiger partial charge is 0.495 e. The third-order valence-electron chi connectivity index (χ3n) is 2.83. The number of pyridine rings is 1. The summed E-state index contributed by atoms with van der Waals surface area (Å²) in [4.78, 5) is 4.07. The summed E-state index contributed by atoms with van der Waals surface area (Å²) in [5.74, 6) is 0.562. The lowest BCUT2D eigenvalue weighted by Gasteiger charge is -2.15. The Bertz CT molecular complexity index is 555. The van der Waals surface area contributed by atoms with Gasteiger partial charge in [-0.15, -0.1) is 0 Å². The van der Waals surface area contributed by atoms with Crippen LogP contribution in [0.3, 0.4) is 0 Å². The van der Waals surface area contributed by atoms with E-state index in [2.05, 4.69) is 4.98 Å². The first-order valence-corrected chi connectivity index (χ1v) is 5.65. The fraction of sp³-hybridized carbons (Fsp3) is 0.214. The third kappa shape index (κ3) is 2.28. The molecule has 2 rings (SSSR count). The first kappa shape index (κ1) is 12.4. The summed E-state index contributed by atoms with van der Waals surface area (Å²) in [5.41, 5.74) is 8.76. The van der Waals surface area contributed by atoms with Crippen LogP contribution in [-0.4, -0.2) is 17.2 Å². The van der Waals surface area contributed by atoms with E-state index in [0.717, 1.165) is 11.1 Å². The zero-order chi connectivity index (χ0) is 13.1. The van der Waals surface area contributed by atoms with Crippen LogP contribution < -0.4 is 10.5 Å². The van der Waals surface area contributed by atoms with Gasteiger partial charge < -0.3 is 15.6 Å². The minimum Gasteiger partial charge on any atom is -0.495 e. The molecule has 0 aliphatic heterocycles. The van der Waals surface area contributed by atoms with Gasteiger partial charge in [-0.05, 0) is 18.6 Å². The number of ether oxygens (including phenoxy) is 1. The van der Waals surface area contributed by atoms with Gasteiger partial charge in [0, 0.05) is 23.5 Å². The first-order chi connectivity index (χ1) is 8.63. The molecule has 18 heavy (non-hydrogen) atoms. The van der Waals surface area contributed by atoms with Gasteiger partial charge in [0.05, 0.1) is 12.8 Å². The number of hydrogen-bond acceptors (Lipinski definition) is 4. The third-order valence-corrected chi connectivity index (χ3v) is 2.83. The average molecular weight is 244 g/mol. The second-order valence-electron chi connectivity index (χ2n) is 4.16. The van der Waals surface area contributed by atoms with Crippen LogP contribution in [0.5, 0.6) is 5.75 Å². The average Bonchev–Trinajstić information content (AvgIpc) is 2.38. The molecule has 3 N–H and O–H groups in total. The van der Waals surface area contributed by atoms with Crippen LogP contribution in [0.25, 0.3) is 0 Å². The molecule has 0 saturated carbocycles. The molecule has 1 aromatic heterocycles. The molecular weight excluding hydrogens is 228 g/mol. The number of para-hydroxylation sites is 1. The van der Waals surface area contributed by atoms with Crippen molar-refractivity contribution in [3.63, 3.8) is 0 Å². The van der Waals surface area contributed by atoms with E-state index in [9.17, 15) is 5.11 Å². The highest BCUT2D eigenvalue weighted by molar-refractivity contribution is 5.60. The van der Waals surface area contributed by atoms with E-state index >= 15 is 0 Å². The van der Waals surface area contributed by atoms with E-state index in [1.54, 1.807) is 37.7 Å². The molecule has 2 aromatic rings. The number of nitrogens with two attached hydrogens (primary N) is 1. The number of nitrogens with zero attached hydrogens (tertiary/aromatic N) is 1. The Kier molecular flexibility index (Phi) is 3.48. The zero-order valence-corrected chi connectivity index (χ0v) is 10.4. The summed E-state index contributed by atoms with van der Waals surface area (Å²) in [6.07, 6.45) is 2.58. The molecule has 4 nitrogen and oxygen atoms in total. The Balaban J connectivity index is 2.43. The zero-order valence-electron chi connectivity index (χ0n) is 10.4. The second kappa shape index (κ2) is 5.06. The van der Waals surface area contributed by atoms with E-state index in [0.29, 0.717) is 17.0 Å². The van der Waals surface area contributed by atoms with E-state index in [1.807, 2.05) is 13.0 Å². The van der Waals surface area contributed by atoms with Gasteiger partial charge in [0.15, 0.2) is 0 Å². The quantitative estimate of drug-likeness (QED) is 0.811. The number of aliphatic hydroxyl groups excluding tert-OH is 1. The molecule has 1 atom stereocenters. The highest BCUT2D eigenvalue weighted by atomic mass is 16.5. The van der Waals surface area contributed by atoms with Crippen LogP contribution >= 0.6 is 0 Å². The molecule has 4 heteroatoms. The number of aryl methyl sites for hydroxylation is 1. The van der Waals surface area contributed by atoms with Crippen LogP contribution in [0.15, 0.2) is 36.7 Å². The fourth-order valence-electron chi connectivity index (χ4n) is 1.88. The number of nitrogen functional groups attached to an aromatic ring is 1. The Morgan fingerprint density at radius 2 is 2.11 bits per heavy atom. The molecule has 1 unspecified atom stereocenters. The van der Waals surface area contributed by atoms with Gasteiger partial charge in [0.2, 0.25) is 0 Å². The molecule has 1 heterocycles. The predicted molar refractivity (Wildman–Crippen MR) is 70.4 cm³/mol. The van der Waals surface area contributed by atoms with Gasteiger partial charge in [-0.1, -0.05) is 18.2 Å². The molecule has 94 valence electrons. The maximum absolute atomic E-state index is 10.3. The molecule has 0 bridgehead atoms. The van der Waals surface area contributed by atoms with E-state index in [4.69, 9.17) is 10.5 Å². The molecule has 0 spiro atoms. The molecule has 0 amide bonds. The molecule has 0 fully saturated rings. The van der Waals surface area contributed by atoms with Crippen molar-refractivity contribution in [2.75, 3.05) is 12.8 Å². The second-order valence-corrected chi connectivity index (χ2v) is 4.16. The van der Waals surface area contributed by atoms with Gasteiger partial charge in [-0.2, -0.15) is 0 Å². The molecule has 0 aliphatic carbocycles. The lowest BCUT2D eigenvalue weighted by molar-refractivity contribution is 0.220. The van der Waals surface area contributed by atoms with Gasteiger partial charge in [0.1, 0.15) is 11.9 Å². The summed E-state index contributed by atoms with van der Waals surface area (Å²) in [6.45, 7) is 1.93. The SMILES string of the molecule is COc1cccc(C(O)c2cncc(C)c2)c1N. The highest BCUT2D eigenvalue weighted by Crippen LogP contribution is 2.32. The van der Waals surface area contributed by atoms with Gasteiger partial charge in [-0.3, -0.25) is 4.98 Å². The molecule has 0 saturated heterocycles. The normalized spacial score (nSPS) is 12.2. The minimum absolute atomic E-state index is 0.453. The van der Waals surface area contributed by atoms with Gasteiger partial charge >= 0.3 is 0 Å². The number of rotatable bonds is 3. The maximum Gasteiger partial charge on any atom is 0.142 e. The Morgan fingerprint density at radius 1 is 1.33 bits per heavy atom. The van der Waals surface area contributed by atoms with Crippen LogP contribution in [-0.2, 0) is 0 Å². The van der Waals surface area contributed by atoms with Gasteiger partial charge in [-0.25, -0.2) is 0 Å². The number of anilines is 1. The van der Waals surface area contributed by atoms with Crippen LogP contribution in [0.4, 0.5) is 5.69 Å². The smallest absolute Gasteiger partial charge is 0.142 e. The van der Waals surface area contributed by atoms with Crippen LogP contribution in [0.1, 0.15) is 22.8 Å². The highest BCUT2D eigenvalue weighted by Gasteiger charge is 2.16. The molecule has 0 radical (unpaired) electrons. The number of hydrogen-bond donors (Lipinski definition) is 2. The standard InChI is InChI=1S/C14H16N2O2/c1-9-6-10(8-16-7-9)14(17)11-4-3-5-12(18-2)13(11)15/h3-8,14,17H,15H2,1-2H3. The summed E-state index contributed by atoms with van der Waals surface area (Å²) in [7, 11) is 1.55. The monoisotopic (exact) mass is 244 g/mol. The van der Waals surface area contributed by atoms with Crippen LogP contribution in [0, 0.1) is 6.92 Å². The Hall–Kier alpha value is -2.07. The summed E-state index contributed by atoms with van der Waals surface area (Å²) in [5, 5.41) is 10.3. The first-order valence-electron chi connectivity index (χ1n) is 5.65. The number of benzene rings is 1. The maximum atomic E-state index is 10.3. The van der Waals surface area contributed by atoms with Crippen molar-refractivity contribution >= 4 is 5.69 Å². The predicted octanol–water partition coefficient (Wildman–Crippen LogP) is 2.06. The summed E-state index contributed by atoms with van der Waals surface area (Å²) < 4.78 is 5.14. The van der Waals surface area contributed by atoms with Crippen molar-refractivity contribution < 1.29 is 9.84 Å². The molecule has 0 aliphatic rings. The van der Waals surface area contributed by atoms with Gasteiger partial charge in [0.25, 0.3) is 0 Å². The lowest BCUT2D eigenvalue weighted by Crippen LogP contribution is -2.05. The summed E-state index contributed by atoms with van der Waals surface area (Å²) in [6, 6.07) is 7.23. The molecule has 1 aromatic carbocycles.